The second-order valence-corrected chi connectivity index (χ2v) is 12.1. The van der Waals surface area contributed by atoms with Gasteiger partial charge in [-0.2, -0.15) is 9.98 Å². The van der Waals surface area contributed by atoms with Crippen molar-refractivity contribution in [2.24, 2.45) is 16.6 Å². The highest BCUT2D eigenvalue weighted by molar-refractivity contribution is 6.03. The number of anilines is 1. The molecule has 0 unspecified atom stereocenters. The quantitative estimate of drug-likeness (QED) is 0.0483. The van der Waals surface area contributed by atoms with Crippen LogP contribution in [-0.4, -0.2) is 74.9 Å². The summed E-state index contributed by atoms with van der Waals surface area (Å²) >= 11 is 0. The van der Waals surface area contributed by atoms with Crippen molar-refractivity contribution in [1.82, 2.24) is 24.7 Å². The van der Waals surface area contributed by atoms with Gasteiger partial charge >= 0.3 is 18.1 Å². The average molecular weight is 733 g/mol. The molecular formula is C36H41FN8O8. The summed E-state index contributed by atoms with van der Waals surface area (Å²) in [7, 11) is 1.41. The summed E-state index contributed by atoms with van der Waals surface area (Å²) in [6, 6.07) is 9.60. The van der Waals surface area contributed by atoms with E-state index in [1.165, 1.54) is 42.6 Å². The number of aliphatic hydroxyl groups is 1. The molecule has 5 rings (SSSR count). The number of amidine groups is 1. The van der Waals surface area contributed by atoms with Crippen molar-refractivity contribution in [1.29, 1.82) is 0 Å². The van der Waals surface area contributed by atoms with Gasteiger partial charge in [-0.15, -0.1) is 9.78 Å². The van der Waals surface area contributed by atoms with Gasteiger partial charge < -0.3 is 39.8 Å². The highest BCUT2D eigenvalue weighted by atomic mass is 19.1. The molecule has 4 aromatic rings. The van der Waals surface area contributed by atoms with Crippen molar-refractivity contribution in [2.75, 3.05) is 32.4 Å². The number of nitrogens with two attached hydrogens (primary N) is 1. The fraction of sp³-hybridized carbons (Fsp3) is 0.361. The van der Waals surface area contributed by atoms with Crippen LogP contribution in [0.5, 0.6) is 17.5 Å². The largest absolute Gasteiger partial charge is 0.497 e. The van der Waals surface area contributed by atoms with Crippen LogP contribution in [0.3, 0.4) is 0 Å². The number of aliphatic imine (C=N–C) groups is 1. The molecule has 0 saturated heterocycles. The molecule has 4 N–H and O–H groups in total. The van der Waals surface area contributed by atoms with Crippen molar-refractivity contribution >= 4 is 23.6 Å². The third kappa shape index (κ3) is 10.2. The number of nitrogens with one attached hydrogen (secondary N) is 1. The topological polar surface area (TPSA) is 207 Å². The van der Waals surface area contributed by atoms with Crippen LogP contribution in [0.15, 0.2) is 71.7 Å². The van der Waals surface area contributed by atoms with Gasteiger partial charge in [0, 0.05) is 35.3 Å². The Bertz CT molecular complexity index is 1910. The number of benzene rings is 2. The van der Waals surface area contributed by atoms with E-state index in [2.05, 4.69) is 30.4 Å². The second-order valence-electron chi connectivity index (χ2n) is 12.1. The number of carbonyl (C=O) groups is 2. The molecule has 1 amide bonds. The van der Waals surface area contributed by atoms with Crippen LogP contribution in [0.25, 0.3) is 5.95 Å². The van der Waals surface area contributed by atoms with Crippen molar-refractivity contribution in [3.63, 3.8) is 0 Å². The first-order valence-corrected chi connectivity index (χ1v) is 16.9. The Morgan fingerprint density at radius 1 is 1.11 bits per heavy atom. The van der Waals surface area contributed by atoms with Crippen LogP contribution < -0.4 is 25.3 Å². The van der Waals surface area contributed by atoms with Crippen molar-refractivity contribution < 1.29 is 42.8 Å². The predicted octanol–water partition coefficient (Wildman–Crippen LogP) is 5.00. The first-order chi connectivity index (χ1) is 25.7. The highest BCUT2D eigenvalue weighted by Crippen LogP contribution is 2.36. The smallest absolute Gasteiger partial charge is 0.440 e. The molecule has 16 nitrogen and oxygen atoms in total. The van der Waals surface area contributed by atoms with Crippen LogP contribution in [0.1, 0.15) is 68.9 Å². The van der Waals surface area contributed by atoms with Gasteiger partial charge in [0.05, 0.1) is 25.9 Å². The minimum Gasteiger partial charge on any atom is -0.497 e. The van der Waals surface area contributed by atoms with E-state index < -0.39 is 24.7 Å². The molecule has 53 heavy (non-hydrogen) atoms. The number of ether oxygens (including phenoxy) is 5. The number of esters is 1. The van der Waals surface area contributed by atoms with Gasteiger partial charge in [0.15, 0.2) is 17.4 Å². The van der Waals surface area contributed by atoms with Gasteiger partial charge in [-0.05, 0) is 68.7 Å². The van der Waals surface area contributed by atoms with Gasteiger partial charge in [0.1, 0.15) is 24.2 Å². The van der Waals surface area contributed by atoms with E-state index in [4.69, 9.17) is 29.4 Å². The predicted molar refractivity (Wildman–Crippen MR) is 189 cm³/mol. The number of amides is 1. The molecule has 1 aliphatic carbocycles. The Balaban J connectivity index is 1.51. The molecule has 0 spiro atoms. The molecule has 17 heteroatoms. The third-order valence-electron chi connectivity index (χ3n) is 7.96. The number of hydrogen-bond donors (Lipinski definition) is 3. The Morgan fingerprint density at radius 2 is 1.85 bits per heavy atom. The summed E-state index contributed by atoms with van der Waals surface area (Å²) in [6.07, 6.45) is 7.89. The van der Waals surface area contributed by atoms with E-state index in [0.717, 1.165) is 37.7 Å². The van der Waals surface area contributed by atoms with Gasteiger partial charge in [-0.25, -0.2) is 19.2 Å². The number of allylic oxidation sites excluding steroid dienone is 1. The molecule has 1 fully saturated rings. The molecular weight excluding hydrogens is 691 g/mol. The zero-order chi connectivity index (χ0) is 37.7. The van der Waals surface area contributed by atoms with Crippen LogP contribution in [-0.2, 0) is 14.3 Å². The summed E-state index contributed by atoms with van der Waals surface area (Å²) in [4.78, 5) is 41.6. The van der Waals surface area contributed by atoms with Crippen LogP contribution >= 0.6 is 0 Å². The maximum atomic E-state index is 16.3. The lowest BCUT2D eigenvalue weighted by Crippen LogP contribution is -2.22. The summed E-state index contributed by atoms with van der Waals surface area (Å²) < 4.78 is 44.6. The summed E-state index contributed by atoms with van der Waals surface area (Å²) in [5, 5.41) is 17.2. The number of rotatable bonds is 15. The molecule has 1 saturated carbocycles. The monoisotopic (exact) mass is 732 g/mol. The minimum atomic E-state index is -1.14. The number of methoxy groups -OCH3 is 1. The Morgan fingerprint density at radius 3 is 2.53 bits per heavy atom. The number of hydrogen-bond acceptors (Lipinski definition) is 13. The Hall–Kier alpha value is -6.10. The van der Waals surface area contributed by atoms with E-state index in [1.54, 1.807) is 44.2 Å². The number of aromatic nitrogens is 5. The van der Waals surface area contributed by atoms with Gasteiger partial charge in [0.2, 0.25) is 6.79 Å². The zero-order valence-corrected chi connectivity index (χ0v) is 29.5. The van der Waals surface area contributed by atoms with Crippen LogP contribution in [0.4, 0.5) is 14.9 Å². The molecule has 2 aromatic heterocycles. The highest BCUT2D eigenvalue weighted by Gasteiger charge is 2.29. The molecule has 2 heterocycles. The SMILES string of the molecule is COc1cc(OCCO)c(F)c([C@@H](Nc2ccc(/C(N)=N/C(=O)OC=C(C)C)cc2)c2nc(OCOC(=O)C3CCCCC3)n(-c3ncccn3)n2)c1. The molecule has 280 valence electrons. The van der Waals surface area contributed by atoms with Gasteiger partial charge in [0.25, 0.3) is 5.95 Å². The molecule has 0 radical (unpaired) electrons. The average Bonchev–Trinajstić information content (AvgIpc) is 3.60. The first-order valence-electron chi connectivity index (χ1n) is 16.9. The standard InChI is InChI=1S/C36H41FN8O8/c1-22(2)20-51-36(48)42-31(38)23-10-12-25(13-11-23)41-30(27-18-26(49-3)19-28(29(27)37)50-17-16-46)32-43-35(45(44-32)34-39-14-7-15-40-34)53-21-52-33(47)24-8-5-4-6-9-24/h7,10-15,18-20,24,30,41,46H,4-6,8-9,16-17,21H2,1-3H3,(H2,38,42,48)/t30-/m1/s1. The fourth-order valence-electron chi connectivity index (χ4n) is 5.38. The zero-order valence-electron chi connectivity index (χ0n) is 29.5. The van der Waals surface area contributed by atoms with E-state index in [0.29, 0.717) is 11.3 Å². The number of aliphatic hydroxyl groups excluding tert-OH is 1. The Labute approximate surface area is 304 Å². The molecule has 0 bridgehead atoms. The van der Waals surface area contributed by atoms with E-state index in [9.17, 15) is 14.7 Å². The van der Waals surface area contributed by atoms with Crippen molar-refractivity contribution in [2.45, 2.75) is 52.0 Å². The summed E-state index contributed by atoms with van der Waals surface area (Å²) in [6.45, 7) is 2.53. The van der Waals surface area contributed by atoms with Gasteiger partial charge in [-0.3, -0.25) is 4.79 Å². The lowest BCUT2D eigenvalue weighted by molar-refractivity contribution is -0.156. The van der Waals surface area contributed by atoms with Crippen LogP contribution in [0.2, 0.25) is 0 Å². The molecule has 2 aromatic carbocycles. The maximum Gasteiger partial charge on any atom is 0.440 e. The normalized spacial score (nSPS) is 13.8. The second kappa shape index (κ2) is 18.4. The number of carbonyl (C=O) groups excluding carboxylic acids is 2. The molecule has 1 aliphatic rings. The Kier molecular flexibility index (Phi) is 13.2. The van der Waals surface area contributed by atoms with Crippen LogP contribution in [0, 0.1) is 11.7 Å². The maximum absolute atomic E-state index is 16.3. The van der Waals surface area contributed by atoms with E-state index in [-0.39, 0.29) is 65.8 Å². The molecule has 0 aliphatic heterocycles. The lowest BCUT2D eigenvalue weighted by atomic mass is 9.89. The summed E-state index contributed by atoms with van der Waals surface area (Å²) in [5.41, 5.74) is 7.69. The third-order valence-corrected chi connectivity index (χ3v) is 7.96. The number of nitrogens with zero attached hydrogens (tertiary/aromatic N) is 6. The fourth-order valence-corrected chi connectivity index (χ4v) is 5.38. The van der Waals surface area contributed by atoms with Crippen molar-refractivity contribution in [3.8, 4) is 23.5 Å². The number of halogens is 1. The van der Waals surface area contributed by atoms with Crippen molar-refractivity contribution in [3.05, 3.63) is 89.5 Å². The van der Waals surface area contributed by atoms with Gasteiger partial charge in [-0.1, -0.05) is 19.3 Å². The first kappa shape index (κ1) is 38.1. The molecule has 1 atom stereocenters. The minimum absolute atomic E-state index is 0.00140. The van der Waals surface area contributed by atoms with E-state index in [1.807, 2.05) is 0 Å². The summed E-state index contributed by atoms with van der Waals surface area (Å²) in [5.74, 6) is -1.28. The lowest BCUT2D eigenvalue weighted by Gasteiger charge is -2.21. The van der Waals surface area contributed by atoms with E-state index >= 15 is 4.39 Å².